The summed E-state index contributed by atoms with van der Waals surface area (Å²) in [6, 6.07) is 13.8. The zero-order chi connectivity index (χ0) is 27.7. The zero-order valence-electron chi connectivity index (χ0n) is 20.2. The molecule has 2 aromatic carbocycles. The van der Waals surface area contributed by atoms with Crippen LogP contribution in [0.1, 0.15) is 35.4 Å². The number of ether oxygens (including phenoxy) is 1. The minimum Gasteiger partial charge on any atom is -0.466 e. The van der Waals surface area contributed by atoms with E-state index in [1.54, 1.807) is 43.3 Å². The van der Waals surface area contributed by atoms with E-state index >= 15 is 0 Å². The van der Waals surface area contributed by atoms with Crippen LogP contribution in [-0.2, 0) is 14.3 Å². The van der Waals surface area contributed by atoms with Gasteiger partial charge in [0.1, 0.15) is 5.69 Å². The molecular weight excluding hydrogens is 514 g/mol. The highest BCUT2D eigenvalue weighted by Gasteiger charge is 2.23. The molecule has 0 aliphatic carbocycles. The number of nitro benzene ring substituents is 1. The summed E-state index contributed by atoms with van der Waals surface area (Å²) in [5, 5.41) is 26.4. The highest BCUT2D eigenvalue weighted by Crippen LogP contribution is 2.34. The van der Waals surface area contributed by atoms with Gasteiger partial charge in [0.15, 0.2) is 11.1 Å². The fraction of sp³-hybridized carbons (Fsp3) is 0.208. The Hall–Kier alpha value is -4.85. The number of nitro groups is 1. The van der Waals surface area contributed by atoms with E-state index in [0.29, 0.717) is 11.1 Å². The first kappa shape index (κ1) is 27.7. The van der Waals surface area contributed by atoms with Crippen molar-refractivity contribution in [2.24, 2.45) is 5.73 Å². The van der Waals surface area contributed by atoms with Gasteiger partial charge in [-0.1, -0.05) is 53.8 Å². The first-order valence-electron chi connectivity index (χ1n) is 11.3. The first-order valence-corrected chi connectivity index (χ1v) is 12.1. The number of rotatable bonds is 11. The Kier molecular flexibility index (Phi) is 9.42. The van der Waals surface area contributed by atoms with Crippen LogP contribution >= 0.6 is 11.3 Å². The third-order valence-corrected chi connectivity index (χ3v) is 6.05. The number of hydrogen-bond donors (Lipinski definition) is 5. The van der Waals surface area contributed by atoms with Crippen LogP contribution in [0.25, 0.3) is 10.4 Å². The van der Waals surface area contributed by atoms with E-state index in [2.05, 4.69) is 20.9 Å². The first-order chi connectivity index (χ1) is 18.2. The standard InChI is InChI=1S/C24H25N7O6S/c1-2-37-19(33)12-17(14-7-4-3-5-8-14)28-18(32)13-27-22(34)20-21(38-24(29-20)30-23(25)26)15-9-6-10-16(11-15)31(35)36/h3-11,17H,2,12-13H2,1H3,(H,27,34)(H,28,32)(H4,25,26,29,30). The second-order valence-electron chi connectivity index (χ2n) is 7.77. The molecule has 6 N–H and O–H groups in total. The number of nitrogens with one attached hydrogen (secondary N) is 4. The van der Waals surface area contributed by atoms with Crippen molar-refractivity contribution in [2.75, 3.05) is 18.5 Å². The molecule has 38 heavy (non-hydrogen) atoms. The van der Waals surface area contributed by atoms with Crippen LogP contribution in [0.2, 0.25) is 0 Å². The van der Waals surface area contributed by atoms with Gasteiger partial charge in [-0.25, -0.2) is 4.98 Å². The lowest BCUT2D eigenvalue weighted by Crippen LogP contribution is -2.39. The largest absolute Gasteiger partial charge is 0.466 e. The van der Waals surface area contributed by atoms with Crippen LogP contribution < -0.4 is 21.7 Å². The van der Waals surface area contributed by atoms with E-state index in [0.717, 1.165) is 11.3 Å². The van der Waals surface area contributed by atoms with Gasteiger partial charge in [0, 0.05) is 17.7 Å². The minimum atomic E-state index is -0.726. The SMILES string of the molecule is CCOC(=O)CC(NC(=O)CNC(=O)c1nc(NC(=N)N)sc1-c1cccc([N+](=O)[O-])c1)c1ccccc1. The van der Waals surface area contributed by atoms with Crippen molar-refractivity contribution in [2.45, 2.75) is 19.4 Å². The van der Waals surface area contributed by atoms with Crippen molar-refractivity contribution < 1.29 is 24.0 Å². The lowest BCUT2D eigenvalue weighted by atomic mass is 10.0. The number of anilines is 1. The van der Waals surface area contributed by atoms with E-state index in [4.69, 9.17) is 15.9 Å². The molecule has 0 spiro atoms. The van der Waals surface area contributed by atoms with Crippen molar-refractivity contribution >= 4 is 45.9 Å². The van der Waals surface area contributed by atoms with Crippen molar-refractivity contribution in [3.63, 3.8) is 0 Å². The lowest BCUT2D eigenvalue weighted by Gasteiger charge is -2.18. The molecule has 3 rings (SSSR count). The summed E-state index contributed by atoms with van der Waals surface area (Å²) in [4.78, 5) is 52.8. The number of carbonyl (C=O) groups is 3. The lowest BCUT2D eigenvalue weighted by molar-refractivity contribution is -0.384. The predicted octanol–water partition coefficient (Wildman–Crippen LogP) is 2.56. The molecule has 1 unspecified atom stereocenters. The number of guanidine groups is 1. The molecule has 1 aromatic heterocycles. The molecule has 0 bridgehead atoms. The Morgan fingerprint density at radius 1 is 1.18 bits per heavy atom. The number of thiazole rings is 1. The van der Waals surface area contributed by atoms with Gasteiger partial charge < -0.3 is 26.4 Å². The Labute approximate surface area is 221 Å². The molecule has 1 heterocycles. The van der Waals surface area contributed by atoms with Crippen molar-refractivity contribution in [1.82, 2.24) is 15.6 Å². The highest BCUT2D eigenvalue weighted by molar-refractivity contribution is 7.19. The maximum atomic E-state index is 13.0. The maximum Gasteiger partial charge on any atom is 0.308 e. The number of aromatic nitrogens is 1. The molecule has 0 saturated heterocycles. The molecule has 0 saturated carbocycles. The molecule has 14 heteroatoms. The normalized spacial score (nSPS) is 11.2. The molecule has 13 nitrogen and oxygen atoms in total. The van der Waals surface area contributed by atoms with Gasteiger partial charge in [0.2, 0.25) is 5.91 Å². The Morgan fingerprint density at radius 3 is 2.58 bits per heavy atom. The number of carbonyl (C=O) groups excluding carboxylic acids is 3. The molecule has 1 atom stereocenters. The quantitative estimate of drug-likeness (QED) is 0.0797. The summed E-state index contributed by atoms with van der Waals surface area (Å²) in [6.07, 6.45) is -0.0966. The molecule has 198 valence electrons. The summed E-state index contributed by atoms with van der Waals surface area (Å²) in [5.41, 5.74) is 6.11. The second-order valence-corrected chi connectivity index (χ2v) is 8.76. The van der Waals surface area contributed by atoms with E-state index < -0.39 is 41.3 Å². The van der Waals surface area contributed by atoms with Gasteiger partial charge >= 0.3 is 5.97 Å². The zero-order valence-corrected chi connectivity index (χ0v) is 21.0. The number of nitrogens with zero attached hydrogens (tertiary/aromatic N) is 2. The van der Waals surface area contributed by atoms with Crippen molar-refractivity contribution in [3.8, 4) is 10.4 Å². The molecule has 2 amide bonds. The Morgan fingerprint density at radius 2 is 1.92 bits per heavy atom. The summed E-state index contributed by atoms with van der Waals surface area (Å²) in [5.74, 6) is -2.19. The number of hydrogen-bond acceptors (Lipinski definition) is 9. The van der Waals surface area contributed by atoms with Gasteiger partial charge in [-0.3, -0.25) is 29.9 Å². The van der Waals surface area contributed by atoms with Crippen LogP contribution in [-0.4, -0.2) is 46.8 Å². The van der Waals surface area contributed by atoms with Crippen LogP contribution in [0.3, 0.4) is 0 Å². The summed E-state index contributed by atoms with van der Waals surface area (Å²) < 4.78 is 5.00. The van der Waals surface area contributed by atoms with Gasteiger partial charge in [0.05, 0.1) is 35.4 Å². The monoisotopic (exact) mass is 539 g/mol. The van der Waals surface area contributed by atoms with E-state index in [1.165, 1.54) is 18.2 Å². The molecule has 0 radical (unpaired) electrons. The van der Waals surface area contributed by atoms with Gasteiger partial charge in [-0.15, -0.1) is 0 Å². The molecule has 0 aliphatic heterocycles. The Balaban J connectivity index is 1.77. The average molecular weight is 540 g/mol. The summed E-state index contributed by atoms with van der Waals surface area (Å²) >= 11 is 0.965. The fourth-order valence-electron chi connectivity index (χ4n) is 3.41. The Bertz CT molecular complexity index is 1350. The van der Waals surface area contributed by atoms with Crippen LogP contribution in [0.4, 0.5) is 10.8 Å². The maximum absolute atomic E-state index is 13.0. The van der Waals surface area contributed by atoms with Crippen LogP contribution in [0.15, 0.2) is 54.6 Å². The van der Waals surface area contributed by atoms with Gasteiger partial charge in [-0.2, -0.15) is 0 Å². The van der Waals surface area contributed by atoms with Crippen LogP contribution in [0, 0.1) is 15.5 Å². The molecule has 0 fully saturated rings. The van der Waals surface area contributed by atoms with Gasteiger partial charge in [-0.05, 0) is 12.5 Å². The average Bonchev–Trinajstić information content (AvgIpc) is 3.31. The van der Waals surface area contributed by atoms with Gasteiger partial charge in [0.25, 0.3) is 11.6 Å². The number of esters is 1. The summed E-state index contributed by atoms with van der Waals surface area (Å²) in [7, 11) is 0. The fourth-order valence-corrected chi connectivity index (χ4v) is 4.38. The van der Waals surface area contributed by atoms with E-state index in [1.807, 2.05) is 0 Å². The number of non-ortho nitro benzene ring substituents is 1. The third-order valence-electron chi connectivity index (χ3n) is 5.03. The highest BCUT2D eigenvalue weighted by atomic mass is 32.1. The van der Waals surface area contributed by atoms with Crippen molar-refractivity contribution in [3.05, 3.63) is 76.0 Å². The van der Waals surface area contributed by atoms with E-state index in [-0.39, 0.29) is 34.4 Å². The number of amides is 2. The summed E-state index contributed by atoms with van der Waals surface area (Å²) in [6.45, 7) is 1.44. The third kappa shape index (κ3) is 7.57. The smallest absolute Gasteiger partial charge is 0.308 e. The van der Waals surface area contributed by atoms with E-state index in [9.17, 15) is 24.5 Å². The van der Waals surface area contributed by atoms with Crippen molar-refractivity contribution in [1.29, 1.82) is 5.41 Å². The second kappa shape index (κ2) is 12.9. The van der Waals surface area contributed by atoms with Crippen LogP contribution in [0.5, 0.6) is 0 Å². The number of benzene rings is 2. The number of nitrogens with two attached hydrogens (primary N) is 1. The minimum absolute atomic E-state index is 0.0966. The molecular formula is C24H25N7O6S. The topological polar surface area (TPSA) is 202 Å². The molecule has 3 aromatic rings. The predicted molar refractivity (Wildman–Crippen MR) is 141 cm³/mol. The molecule has 0 aliphatic rings.